The van der Waals surface area contributed by atoms with Crippen molar-refractivity contribution in [3.63, 3.8) is 0 Å². The summed E-state index contributed by atoms with van der Waals surface area (Å²) in [6.45, 7) is 3.63. The maximum atomic E-state index is 13.0. The summed E-state index contributed by atoms with van der Waals surface area (Å²) < 4.78 is 18.4. The summed E-state index contributed by atoms with van der Waals surface area (Å²) in [5.41, 5.74) is 2.71. The third-order valence-corrected chi connectivity index (χ3v) is 5.37. The van der Waals surface area contributed by atoms with Gasteiger partial charge in [0, 0.05) is 31.1 Å². The lowest BCUT2D eigenvalue weighted by molar-refractivity contribution is -0.126. The van der Waals surface area contributed by atoms with Crippen molar-refractivity contribution < 1.29 is 18.7 Å². The van der Waals surface area contributed by atoms with Crippen LogP contribution in [-0.2, 0) is 11.2 Å². The zero-order chi connectivity index (χ0) is 20.8. The van der Waals surface area contributed by atoms with Crippen LogP contribution in [0.25, 0.3) is 0 Å². The molecule has 1 aliphatic rings. The zero-order valence-corrected chi connectivity index (χ0v) is 16.9. The number of nitrogens with zero attached hydrogens (tertiary/aromatic N) is 1. The number of halogens is 1. The first-order valence-electron chi connectivity index (χ1n) is 9.94. The van der Waals surface area contributed by atoms with Crippen molar-refractivity contribution in [2.75, 3.05) is 26.7 Å². The Hall–Kier alpha value is -2.89. The second-order valence-corrected chi connectivity index (χ2v) is 7.43. The van der Waals surface area contributed by atoms with Crippen molar-refractivity contribution in [3.8, 4) is 5.75 Å². The molecule has 0 atom stereocenters. The highest BCUT2D eigenvalue weighted by molar-refractivity contribution is 5.94. The number of amides is 2. The van der Waals surface area contributed by atoms with Crippen LogP contribution in [0, 0.1) is 18.7 Å². The van der Waals surface area contributed by atoms with Crippen molar-refractivity contribution in [2.45, 2.75) is 26.2 Å². The molecule has 3 rings (SSSR count). The van der Waals surface area contributed by atoms with E-state index in [-0.39, 0.29) is 23.5 Å². The van der Waals surface area contributed by atoms with Crippen LogP contribution in [-0.4, -0.2) is 43.5 Å². The average molecular weight is 398 g/mol. The fourth-order valence-electron chi connectivity index (χ4n) is 3.69. The topological polar surface area (TPSA) is 58.6 Å². The number of hydrogen-bond acceptors (Lipinski definition) is 3. The number of benzene rings is 2. The molecule has 1 N–H and O–H groups in total. The molecule has 0 saturated carbocycles. The lowest BCUT2D eigenvalue weighted by atomic mass is 9.95. The minimum absolute atomic E-state index is 0.0329. The Labute approximate surface area is 170 Å². The minimum atomic E-state index is -0.361. The third-order valence-electron chi connectivity index (χ3n) is 5.37. The summed E-state index contributed by atoms with van der Waals surface area (Å²) in [5.74, 6) is 0.297. The number of carbonyl (C=O) groups is 2. The van der Waals surface area contributed by atoms with Gasteiger partial charge in [0.1, 0.15) is 11.6 Å². The van der Waals surface area contributed by atoms with Gasteiger partial charge in [-0.25, -0.2) is 4.39 Å². The van der Waals surface area contributed by atoms with Gasteiger partial charge in [0.05, 0.1) is 7.11 Å². The molecular weight excluding hydrogens is 371 g/mol. The van der Waals surface area contributed by atoms with Gasteiger partial charge in [0.15, 0.2) is 0 Å². The average Bonchev–Trinajstić information content (AvgIpc) is 2.74. The van der Waals surface area contributed by atoms with Crippen molar-refractivity contribution in [1.29, 1.82) is 0 Å². The molecule has 29 heavy (non-hydrogen) atoms. The molecule has 2 amide bonds. The van der Waals surface area contributed by atoms with E-state index in [4.69, 9.17) is 4.74 Å². The van der Waals surface area contributed by atoms with Crippen molar-refractivity contribution in [3.05, 3.63) is 65.0 Å². The lowest BCUT2D eigenvalue weighted by Crippen LogP contribution is -2.43. The Bertz CT molecular complexity index is 859. The molecule has 154 valence electrons. The van der Waals surface area contributed by atoms with E-state index in [0.29, 0.717) is 44.5 Å². The van der Waals surface area contributed by atoms with E-state index >= 15 is 0 Å². The summed E-state index contributed by atoms with van der Waals surface area (Å²) in [4.78, 5) is 26.7. The number of likely N-dealkylation sites (tertiary alicyclic amines) is 1. The number of ether oxygens (including phenoxy) is 1. The standard InChI is InChI=1S/C23H27FN2O3/c1-16-3-8-21(29-2)19(15-16)9-12-25-22(27)17-10-13-26(14-11-17)23(28)18-4-6-20(24)7-5-18/h3-8,15,17H,9-14H2,1-2H3,(H,25,27). The third kappa shape index (κ3) is 5.34. The van der Waals surface area contributed by atoms with Crippen LogP contribution in [0.4, 0.5) is 4.39 Å². The highest BCUT2D eigenvalue weighted by Gasteiger charge is 2.27. The van der Waals surface area contributed by atoms with E-state index in [1.54, 1.807) is 12.0 Å². The normalized spacial score (nSPS) is 14.5. The van der Waals surface area contributed by atoms with Crippen molar-refractivity contribution >= 4 is 11.8 Å². The van der Waals surface area contributed by atoms with Crippen LogP contribution in [0.5, 0.6) is 5.75 Å². The number of rotatable bonds is 6. The molecule has 0 bridgehead atoms. The summed E-state index contributed by atoms with van der Waals surface area (Å²) in [6.07, 6.45) is 1.97. The first-order chi connectivity index (χ1) is 14.0. The van der Waals surface area contributed by atoms with Gasteiger partial charge in [0.25, 0.3) is 5.91 Å². The maximum Gasteiger partial charge on any atom is 0.253 e. The van der Waals surface area contributed by atoms with Gasteiger partial charge in [-0.2, -0.15) is 0 Å². The molecule has 2 aromatic rings. The SMILES string of the molecule is COc1ccc(C)cc1CCNC(=O)C1CCN(C(=O)c2ccc(F)cc2)CC1. The number of methoxy groups -OCH3 is 1. The predicted molar refractivity (Wildman–Crippen MR) is 109 cm³/mol. The van der Waals surface area contributed by atoms with E-state index in [1.807, 2.05) is 19.1 Å². The number of piperidine rings is 1. The Kier molecular flexibility index (Phi) is 6.86. The van der Waals surface area contributed by atoms with Gasteiger partial charge in [-0.15, -0.1) is 0 Å². The van der Waals surface area contributed by atoms with Crippen LogP contribution >= 0.6 is 0 Å². The summed E-state index contributed by atoms with van der Waals surface area (Å²) in [5, 5.41) is 3.01. The molecule has 1 fully saturated rings. The Morgan fingerprint density at radius 1 is 1.14 bits per heavy atom. The molecule has 0 aromatic heterocycles. The first-order valence-corrected chi connectivity index (χ1v) is 9.94. The van der Waals surface area contributed by atoms with Crippen molar-refractivity contribution in [2.24, 2.45) is 5.92 Å². The second-order valence-electron chi connectivity index (χ2n) is 7.43. The second kappa shape index (κ2) is 9.54. The number of carbonyl (C=O) groups excluding carboxylic acids is 2. The molecule has 2 aromatic carbocycles. The van der Waals surface area contributed by atoms with Crippen LogP contribution < -0.4 is 10.1 Å². The molecule has 1 heterocycles. The van der Waals surface area contributed by atoms with E-state index in [2.05, 4.69) is 11.4 Å². The molecule has 1 aliphatic heterocycles. The zero-order valence-electron chi connectivity index (χ0n) is 16.9. The Balaban J connectivity index is 1.46. The fraction of sp³-hybridized carbons (Fsp3) is 0.391. The van der Waals surface area contributed by atoms with Crippen LogP contribution in [0.1, 0.15) is 34.3 Å². The van der Waals surface area contributed by atoms with E-state index in [1.165, 1.54) is 24.3 Å². The van der Waals surface area contributed by atoms with Crippen molar-refractivity contribution in [1.82, 2.24) is 10.2 Å². The van der Waals surface area contributed by atoms with E-state index < -0.39 is 0 Å². The summed E-state index contributed by atoms with van der Waals surface area (Å²) in [6, 6.07) is 11.6. The number of nitrogens with one attached hydrogen (secondary N) is 1. The Morgan fingerprint density at radius 2 is 1.83 bits per heavy atom. The molecule has 0 aliphatic carbocycles. The monoisotopic (exact) mass is 398 g/mol. The smallest absolute Gasteiger partial charge is 0.253 e. The number of hydrogen-bond donors (Lipinski definition) is 1. The minimum Gasteiger partial charge on any atom is -0.496 e. The molecule has 5 nitrogen and oxygen atoms in total. The Morgan fingerprint density at radius 3 is 2.48 bits per heavy atom. The van der Waals surface area contributed by atoms with Crippen LogP contribution in [0.3, 0.4) is 0 Å². The summed E-state index contributed by atoms with van der Waals surface area (Å²) in [7, 11) is 1.65. The quantitative estimate of drug-likeness (QED) is 0.812. The molecule has 0 spiro atoms. The van der Waals surface area contributed by atoms with Gasteiger partial charge in [-0.1, -0.05) is 17.7 Å². The predicted octanol–water partition coefficient (Wildman–Crippen LogP) is 3.35. The highest BCUT2D eigenvalue weighted by atomic mass is 19.1. The van der Waals surface area contributed by atoms with Crippen LogP contribution in [0.2, 0.25) is 0 Å². The maximum absolute atomic E-state index is 13.0. The molecule has 0 unspecified atom stereocenters. The van der Waals surface area contributed by atoms with Gasteiger partial charge < -0.3 is 15.0 Å². The van der Waals surface area contributed by atoms with Crippen LogP contribution in [0.15, 0.2) is 42.5 Å². The van der Waals surface area contributed by atoms with Gasteiger partial charge in [0.2, 0.25) is 5.91 Å². The van der Waals surface area contributed by atoms with Gasteiger partial charge >= 0.3 is 0 Å². The van der Waals surface area contributed by atoms with Gasteiger partial charge in [-0.05, 0) is 62.1 Å². The van der Waals surface area contributed by atoms with E-state index in [9.17, 15) is 14.0 Å². The highest BCUT2D eigenvalue weighted by Crippen LogP contribution is 2.21. The lowest BCUT2D eigenvalue weighted by Gasteiger charge is -2.31. The molecule has 6 heteroatoms. The van der Waals surface area contributed by atoms with E-state index in [0.717, 1.165) is 16.9 Å². The largest absolute Gasteiger partial charge is 0.496 e. The number of aryl methyl sites for hydroxylation is 1. The molecular formula is C23H27FN2O3. The summed E-state index contributed by atoms with van der Waals surface area (Å²) >= 11 is 0. The molecule has 1 saturated heterocycles. The fourth-order valence-corrected chi connectivity index (χ4v) is 3.69. The first kappa shape index (κ1) is 20.8. The van der Waals surface area contributed by atoms with Gasteiger partial charge in [-0.3, -0.25) is 9.59 Å². The molecule has 0 radical (unpaired) electrons.